The molecular weight excluding hydrogens is 576 g/mol. The van der Waals surface area contributed by atoms with E-state index in [0.29, 0.717) is 45.8 Å². The molecule has 0 saturated carbocycles. The van der Waals surface area contributed by atoms with Crippen molar-refractivity contribution in [2.45, 2.75) is 26.8 Å². The number of halogens is 1. The average molecular weight is 599 g/mol. The minimum atomic E-state index is -0.886. The van der Waals surface area contributed by atoms with E-state index in [-0.39, 0.29) is 32.3 Å². The molecule has 0 fully saturated rings. The van der Waals surface area contributed by atoms with E-state index in [1.807, 2.05) is 13.8 Å². The molecule has 0 radical (unpaired) electrons. The molecule has 0 saturated heterocycles. The molecule has 1 aliphatic rings. The molecule has 2 aromatic heterocycles. The van der Waals surface area contributed by atoms with E-state index >= 15 is 0 Å². The first kappa shape index (κ1) is 25.9. The standard InChI is InChI=1S/C27H23BrN2O7S/c1-5-35-18-9-7-14(11-19(18)36-6-2)21-20-22(31)16-12-15(28)8-10-17(16)37-23(20)25(32)30(21)27-29-13(3)24(38-27)26(33)34-4/h7-12,21H,5-6H2,1-4H3. The monoisotopic (exact) mass is 598 g/mol. The van der Waals surface area contributed by atoms with Crippen molar-refractivity contribution in [1.29, 1.82) is 0 Å². The van der Waals surface area contributed by atoms with Gasteiger partial charge in [0.1, 0.15) is 10.5 Å². The van der Waals surface area contributed by atoms with Crippen molar-refractivity contribution in [3.05, 3.63) is 78.6 Å². The van der Waals surface area contributed by atoms with Gasteiger partial charge in [0.05, 0.1) is 43.0 Å². The highest BCUT2D eigenvalue weighted by atomic mass is 79.9. The molecule has 0 aliphatic carbocycles. The Hall–Kier alpha value is -3.70. The van der Waals surface area contributed by atoms with Gasteiger partial charge in [0.2, 0.25) is 5.76 Å². The van der Waals surface area contributed by atoms with Gasteiger partial charge in [-0.3, -0.25) is 14.5 Å². The van der Waals surface area contributed by atoms with Gasteiger partial charge in [-0.1, -0.05) is 33.3 Å². The Bertz CT molecular complexity index is 1640. The van der Waals surface area contributed by atoms with E-state index in [0.717, 1.165) is 11.3 Å². The smallest absolute Gasteiger partial charge is 0.350 e. The van der Waals surface area contributed by atoms with Gasteiger partial charge in [-0.25, -0.2) is 9.78 Å². The van der Waals surface area contributed by atoms with Crippen LogP contribution in [0.15, 0.2) is 50.1 Å². The van der Waals surface area contributed by atoms with Crippen molar-refractivity contribution in [2.75, 3.05) is 25.2 Å². The Kier molecular flexibility index (Phi) is 6.97. The zero-order valence-corrected chi connectivity index (χ0v) is 23.4. The van der Waals surface area contributed by atoms with Crippen LogP contribution in [0.5, 0.6) is 11.5 Å². The summed E-state index contributed by atoms with van der Waals surface area (Å²) < 4.78 is 23.1. The molecule has 4 aromatic rings. The van der Waals surface area contributed by atoms with Crippen molar-refractivity contribution in [3.63, 3.8) is 0 Å². The van der Waals surface area contributed by atoms with Gasteiger partial charge in [-0.15, -0.1) is 0 Å². The molecule has 1 aliphatic heterocycles. The van der Waals surface area contributed by atoms with Gasteiger partial charge in [0.15, 0.2) is 22.1 Å². The van der Waals surface area contributed by atoms with Crippen LogP contribution in [0.2, 0.25) is 0 Å². The Morgan fingerprint density at radius 2 is 1.84 bits per heavy atom. The first-order valence-electron chi connectivity index (χ1n) is 11.8. The largest absolute Gasteiger partial charge is 0.490 e. The molecule has 1 amide bonds. The molecule has 3 heterocycles. The van der Waals surface area contributed by atoms with Crippen LogP contribution in [0.1, 0.15) is 56.9 Å². The number of carbonyl (C=O) groups is 2. The molecule has 38 heavy (non-hydrogen) atoms. The van der Waals surface area contributed by atoms with Gasteiger partial charge in [0.25, 0.3) is 5.91 Å². The van der Waals surface area contributed by atoms with E-state index in [1.165, 1.54) is 12.0 Å². The van der Waals surface area contributed by atoms with Gasteiger partial charge in [0, 0.05) is 4.47 Å². The number of methoxy groups -OCH3 is 1. The summed E-state index contributed by atoms with van der Waals surface area (Å²) in [7, 11) is 1.28. The lowest BCUT2D eigenvalue weighted by Gasteiger charge is -2.23. The lowest BCUT2D eigenvalue weighted by molar-refractivity contribution is 0.0605. The zero-order valence-electron chi connectivity index (χ0n) is 21.0. The number of thiazole rings is 1. The molecule has 0 N–H and O–H groups in total. The molecule has 1 atom stereocenters. The number of anilines is 1. The molecule has 0 spiro atoms. The van der Waals surface area contributed by atoms with Gasteiger partial charge >= 0.3 is 5.97 Å². The van der Waals surface area contributed by atoms with E-state index < -0.39 is 17.9 Å². The Balaban J connectivity index is 1.77. The number of rotatable bonds is 7. The summed E-state index contributed by atoms with van der Waals surface area (Å²) in [5.74, 6) is -0.151. The first-order valence-corrected chi connectivity index (χ1v) is 13.4. The summed E-state index contributed by atoms with van der Waals surface area (Å²) in [5, 5.41) is 0.570. The molecule has 196 valence electrons. The summed E-state index contributed by atoms with van der Waals surface area (Å²) >= 11 is 4.42. The lowest BCUT2D eigenvalue weighted by atomic mass is 9.98. The van der Waals surface area contributed by atoms with Gasteiger partial charge in [-0.05, 0) is 56.7 Å². The number of hydrogen-bond acceptors (Lipinski definition) is 9. The predicted octanol–water partition coefficient (Wildman–Crippen LogP) is 5.65. The fourth-order valence-corrected chi connectivity index (χ4v) is 5.84. The number of fused-ring (bicyclic) bond motifs is 2. The highest BCUT2D eigenvalue weighted by Gasteiger charge is 2.45. The maximum Gasteiger partial charge on any atom is 0.350 e. The second-order valence-corrected chi connectivity index (χ2v) is 10.3. The topological polar surface area (TPSA) is 108 Å². The Morgan fingerprint density at radius 1 is 1.11 bits per heavy atom. The number of amides is 1. The van der Waals surface area contributed by atoms with Gasteiger partial charge in [-0.2, -0.15) is 0 Å². The van der Waals surface area contributed by atoms with E-state index in [4.69, 9.17) is 18.6 Å². The third kappa shape index (κ3) is 4.25. The van der Waals surface area contributed by atoms with Crippen molar-refractivity contribution in [3.8, 4) is 11.5 Å². The van der Waals surface area contributed by atoms with Crippen LogP contribution in [0.25, 0.3) is 11.0 Å². The van der Waals surface area contributed by atoms with Crippen molar-refractivity contribution in [2.24, 2.45) is 0 Å². The molecule has 5 rings (SSSR count). The van der Waals surface area contributed by atoms with Crippen molar-refractivity contribution in [1.82, 2.24) is 4.98 Å². The number of benzene rings is 2. The summed E-state index contributed by atoms with van der Waals surface area (Å²) in [6.45, 7) is 6.22. The predicted molar refractivity (Wildman–Crippen MR) is 146 cm³/mol. The van der Waals surface area contributed by atoms with E-state index in [2.05, 4.69) is 20.9 Å². The molecule has 0 bridgehead atoms. The molecule has 11 heteroatoms. The summed E-state index contributed by atoms with van der Waals surface area (Å²) in [6.07, 6.45) is 0. The number of ether oxygens (including phenoxy) is 3. The van der Waals surface area contributed by atoms with Crippen molar-refractivity contribution < 1.29 is 28.2 Å². The quantitative estimate of drug-likeness (QED) is 0.251. The first-order chi connectivity index (χ1) is 18.3. The number of esters is 1. The number of nitrogens with zero attached hydrogens (tertiary/aromatic N) is 2. The number of hydrogen-bond donors (Lipinski definition) is 0. The highest BCUT2D eigenvalue weighted by Crippen LogP contribution is 2.45. The summed E-state index contributed by atoms with van der Waals surface area (Å²) in [4.78, 5) is 46.2. The summed E-state index contributed by atoms with van der Waals surface area (Å²) in [6, 6.07) is 9.43. The molecule has 9 nitrogen and oxygen atoms in total. The van der Waals surface area contributed by atoms with Gasteiger partial charge < -0.3 is 18.6 Å². The Labute approximate surface area is 230 Å². The van der Waals surface area contributed by atoms with Crippen LogP contribution in [-0.2, 0) is 4.74 Å². The zero-order chi connectivity index (χ0) is 27.1. The van der Waals surface area contributed by atoms with E-state index in [1.54, 1.807) is 43.3 Å². The second-order valence-electron chi connectivity index (χ2n) is 8.37. The molecule has 1 unspecified atom stereocenters. The fourth-order valence-electron chi connectivity index (χ4n) is 4.46. The van der Waals surface area contributed by atoms with Crippen LogP contribution >= 0.6 is 27.3 Å². The highest BCUT2D eigenvalue weighted by molar-refractivity contribution is 9.10. The fraction of sp³-hybridized carbons (Fsp3) is 0.259. The third-order valence-corrected chi connectivity index (χ3v) is 7.71. The maximum absolute atomic E-state index is 13.9. The minimum Gasteiger partial charge on any atom is -0.490 e. The number of aromatic nitrogens is 1. The van der Waals surface area contributed by atoms with Crippen LogP contribution < -0.4 is 19.8 Å². The van der Waals surface area contributed by atoms with Crippen LogP contribution in [0.4, 0.5) is 5.13 Å². The molecular formula is C27H23BrN2O7S. The second kappa shape index (κ2) is 10.2. The van der Waals surface area contributed by atoms with Crippen LogP contribution in [-0.4, -0.2) is 37.2 Å². The summed E-state index contributed by atoms with van der Waals surface area (Å²) in [5.41, 5.74) is 1.14. The number of carbonyl (C=O) groups excluding carboxylic acids is 2. The SMILES string of the molecule is CCOc1ccc(C2c3c(oc4ccc(Br)cc4c3=O)C(=O)N2c2nc(C)c(C(=O)OC)s2)cc1OCC. The Morgan fingerprint density at radius 3 is 2.55 bits per heavy atom. The lowest BCUT2D eigenvalue weighted by Crippen LogP contribution is -2.29. The normalized spacial score (nSPS) is 14.6. The minimum absolute atomic E-state index is 0.0749. The van der Waals surface area contributed by atoms with E-state index in [9.17, 15) is 14.4 Å². The van der Waals surface area contributed by atoms with Crippen LogP contribution in [0, 0.1) is 6.92 Å². The maximum atomic E-state index is 13.9. The third-order valence-electron chi connectivity index (χ3n) is 6.08. The van der Waals surface area contributed by atoms with Crippen molar-refractivity contribution >= 4 is 55.2 Å². The average Bonchev–Trinajstić information content (AvgIpc) is 3.42. The molecule has 2 aromatic carbocycles. The number of aryl methyl sites for hydroxylation is 1. The van der Waals surface area contributed by atoms with Crippen LogP contribution in [0.3, 0.4) is 0 Å².